The predicted molar refractivity (Wildman–Crippen MR) is 67.2 cm³/mol. The highest BCUT2D eigenvalue weighted by atomic mass is 19.4. The second-order valence-electron chi connectivity index (χ2n) is 4.37. The van der Waals surface area contributed by atoms with Crippen LogP contribution < -0.4 is 15.8 Å². The summed E-state index contributed by atoms with van der Waals surface area (Å²) < 4.78 is 42.8. The molecule has 1 atom stereocenters. The quantitative estimate of drug-likeness (QED) is 0.784. The molecule has 0 aliphatic carbocycles. The Bertz CT molecular complexity index is 570. The first-order valence-corrected chi connectivity index (χ1v) is 5.59. The van der Waals surface area contributed by atoms with Crippen molar-refractivity contribution >= 4 is 17.6 Å². The Kier molecular flexibility index (Phi) is 4.47. The van der Waals surface area contributed by atoms with E-state index in [0.29, 0.717) is 6.92 Å². The van der Waals surface area contributed by atoms with Crippen LogP contribution in [0.5, 0.6) is 5.75 Å². The zero-order valence-corrected chi connectivity index (χ0v) is 11.1. The van der Waals surface area contributed by atoms with E-state index in [-0.39, 0.29) is 17.0 Å². The predicted octanol–water partition coefficient (Wildman–Crippen LogP) is 1.61. The van der Waals surface area contributed by atoms with Gasteiger partial charge in [-0.15, -0.1) is 0 Å². The number of methoxy groups -OCH3 is 1. The van der Waals surface area contributed by atoms with Gasteiger partial charge in [-0.05, 0) is 19.1 Å². The summed E-state index contributed by atoms with van der Waals surface area (Å²) in [6.45, 7) is 0.489. The summed E-state index contributed by atoms with van der Waals surface area (Å²) in [7, 11) is 1.28. The number of alkyl halides is 3. The number of anilines is 1. The van der Waals surface area contributed by atoms with Gasteiger partial charge in [-0.2, -0.15) is 13.2 Å². The van der Waals surface area contributed by atoms with Crippen molar-refractivity contribution < 1.29 is 32.6 Å². The van der Waals surface area contributed by atoms with E-state index in [0.717, 1.165) is 12.1 Å². The molecule has 0 heterocycles. The highest BCUT2D eigenvalue weighted by Crippen LogP contribution is 2.30. The maximum absolute atomic E-state index is 12.7. The van der Waals surface area contributed by atoms with Crippen molar-refractivity contribution in [1.29, 1.82) is 0 Å². The van der Waals surface area contributed by atoms with Gasteiger partial charge in [-0.25, -0.2) is 4.79 Å². The van der Waals surface area contributed by atoms with E-state index >= 15 is 0 Å². The number of amides is 1. The van der Waals surface area contributed by atoms with Crippen LogP contribution in [0.3, 0.4) is 0 Å². The number of carbonyl (C=O) groups excluding carboxylic acids is 1. The van der Waals surface area contributed by atoms with E-state index in [9.17, 15) is 22.8 Å². The number of aromatic carboxylic acids is 1. The first-order chi connectivity index (χ1) is 9.50. The molecule has 0 saturated heterocycles. The molecule has 0 aliphatic heterocycles. The first-order valence-electron chi connectivity index (χ1n) is 5.59. The van der Waals surface area contributed by atoms with E-state index in [1.165, 1.54) is 13.2 Å². The average molecular weight is 306 g/mol. The van der Waals surface area contributed by atoms with Crippen LogP contribution in [0.4, 0.5) is 18.9 Å². The molecule has 0 radical (unpaired) electrons. The highest BCUT2D eigenvalue weighted by Gasteiger charge is 2.54. The van der Waals surface area contributed by atoms with Gasteiger partial charge in [0, 0.05) is 6.07 Å². The van der Waals surface area contributed by atoms with Gasteiger partial charge >= 0.3 is 12.1 Å². The lowest BCUT2D eigenvalue weighted by molar-refractivity contribution is -0.184. The van der Waals surface area contributed by atoms with Gasteiger partial charge in [-0.1, -0.05) is 0 Å². The lowest BCUT2D eigenvalue weighted by Crippen LogP contribution is -2.59. The standard InChI is InChI=1S/C12H13F3N2O4/c1-11(16,12(13,14)15)10(20)17-8-5-6(21-2)3-4-7(8)9(18)19/h3-5H,16H2,1-2H3,(H,17,20)(H,18,19). The number of nitrogens with two attached hydrogens (primary N) is 1. The van der Waals surface area contributed by atoms with E-state index in [2.05, 4.69) is 0 Å². The number of hydrogen-bond acceptors (Lipinski definition) is 4. The largest absolute Gasteiger partial charge is 0.497 e. The Hall–Kier alpha value is -2.29. The van der Waals surface area contributed by atoms with Crippen LogP contribution in [-0.4, -0.2) is 35.8 Å². The molecule has 21 heavy (non-hydrogen) atoms. The minimum Gasteiger partial charge on any atom is -0.497 e. The summed E-state index contributed by atoms with van der Waals surface area (Å²) in [5.74, 6) is -2.83. The Morgan fingerprint density at radius 3 is 2.33 bits per heavy atom. The van der Waals surface area contributed by atoms with E-state index < -0.39 is 23.6 Å². The van der Waals surface area contributed by atoms with Crippen molar-refractivity contribution in [3.05, 3.63) is 23.8 Å². The van der Waals surface area contributed by atoms with Gasteiger partial charge in [0.25, 0.3) is 5.91 Å². The van der Waals surface area contributed by atoms with Crippen LogP contribution in [0.15, 0.2) is 18.2 Å². The van der Waals surface area contributed by atoms with Crippen LogP contribution in [-0.2, 0) is 4.79 Å². The molecule has 116 valence electrons. The Balaban J connectivity index is 3.18. The number of carbonyl (C=O) groups is 2. The third-order valence-electron chi connectivity index (χ3n) is 2.77. The summed E-state index contributed by atoms with van der Waals surface area (Å²) in [5, 5.41) is 10.8. The Labute approximate surface area is 117 Å². The molecular formula is C12H13F3N2O4. The second kappa shape index (κ2) is 5.60. The van der Waals surface area contributed by atoms with Gasteiger partial charge in [-0.3, -0.25) is 4.79 Å². The Morgan fingerprint density at radius 2 is 1.90 bits per heavy atom. The molecule has 6 nitrogen and oxygen atoms in total. The summed E-state index contributed by atoms with van der Waals surface area (Å²) in [4.78, 5) is 22.7. The van der Waals surface area contributed by atoms with E-state index in [1.807, 2.05) is 5.32 Å². The van der Waals surface area contributed by atoms with Gasteiger partial charge in [0.1, 0.15) is 5.75 Å². The molecule has 0 aromatic heterocycles. The molecule has 1 rings (SSSR count). The zero-order valence-electron chi connectivity index (χ0n) is 11.1. The van der Waals surface area contributed by atoms with Crippen LogP contribution in [0, 0.1) is 0 Å². The fourth-order valence-corrected chi connectivity index (χ4v) is 1.32. The molecule has 1 aromatic carbocycles. The van der Waals surface area contributed by atoms with Gasteiger partial charge in [0.05, 0.1) is 18.4 Å². The number of carboxylic acid groups (broad SMARTS) is 1. The lowest BCUT2D eigenvalue weighted by Gasteiger charge is -2.26. The maximum atomic E-state index is 12.7. The average Bonchev–Trinajstić information content (AvgIpc) is 2.36. The number of rotatable bonds is 4. The third kappa shape index (κ3) is 3.43. The molecular weight excluding hydrogens is 293 g/mol. The van der Waals surface area contributed by atoms with Crippen LogP contribution in [0.2, 0.25) is 0 Å². The number of hydrogen-bond donors (Lipinski definition) is 3. The Morgan fingerprint density at radius 1 is 1.33 bits per heavy atom. The van der Waals surface area contributed by atoms with Crippen LogP contribution in [0.25, 0.3) is 0 Å². The molecule has 0 bridgehead atoms. The number of ether oxygens (including phenoxy) is 1. The zero-order chi connectivity index (χ0) is 16.4. The smallest absolute Gasteiger partial charge is 0.415 e. The van der Waals surface area contributed by atoms with Crippen molar-refractivity contribution in [3.63, 3.8) is 0 Å². The SMILES string of the molecule is COc1ccc(C(=O)O)c(NC(=O)C(C)(N)C(F)(F)F)c1. The molecule has 9 heteroatoms. The minimum absolute atomic E-state index is 0.168. The maximum Gasteiger partial charge on any atom is 0.415 e. The topological polar surface area (TPSA) is 102 Å². The molecule has 1 amide bonds. The number of halogens is 3. The van der Waals surface area contributed by atoms with Crippen molar-refractivity contribution in [3.8, 4) is 5.75 Å². The van der Waals surface area contributed by atoms with Crippen molar-refractivity contribution in [2.75, 3.05) is 12.4 Å². The molecule has 1 aromatic rings. The molecule has 4 N–H and O–H groups in total. The number of benzene rings is 1. The number of carboxylic acids is 1. The second-order valence-corrected chi connectivity index (χ2v) is 4.37. The van der Waals surface area contributed by atoms with Crippen molar-refractivity contribution in [1.82, 2.24) is 0 Å². The summed E-state index contributed by atoms with van der Waals surface area (Å²) in [5.41, 5.74) is 1.08. The van der Waals surface area contributed by atoms with Gasteiger partial charge in [0.15, 0.2) is 5.54 Å². The van der Waals surface area contributed by atoms with E-state index in [1.54, 1.807) is 0 Å². The molecule has 0 aliphatic rings. The van der Waals surface area contributed by atoms with Crippen molar-refractivity contribution in [2.45, 2.75) is 18.6 Å². The highest BCUT2D eigenvalue weighted by molar-refractivity contribution is 6.04. The summed E-state index contributed by atoms with van der Waals surface area (Å²) in [6.07, 6.45) is -4.99. The lowest BCUT2D eigenvalue weighted by atomic mass is 10.0. The molecule has 0 saturated carbocycles. The molecule has 0 spiro atoms. The van der Waals surface area contributed by atoms with Crippen molar-refractivity contribution in [2.24, 2.45) is 5.73 Å². The fourth-order valence-electron chi connectivity index (χ4n) is 1.32. The normalized spacial score (nSPS) is 14.2. The molecule has 1 unspecified atom stereocenters. The summed E-state index contributed by atoms with van der Waals surface area (Å²) in [6, 6.07) is 3.48. The third-order valence-corrected chi connectivity index (χ3v) is 2.77. The number of nitrogens with one attached hydrogen (secondary N) is 1. The van der Waals surface area contributed by atoms with Gasteiger partial charge in [0.2, 0.25) is 0 Å². The minimum atomic E-state index is -4.99. The fraction of sp³-hybridized carbons (Fsp3) is 0.333. The first kappa shape index (κ1) is 16.8. The monoisotopic (exact) mass is 306 g/mol. The molecule has 0 fully saturated rings. The van der Waals surface area contributed by atoms with Gasteiger partial charge < -0.3 is 20.9 Å². The van der Waals surface area contributed by atoms with E-state index in [4.69, 9.17) is 15.6 Å². The van der Waals surface area contributed by atoms with Crippen LogP contribution >= 0.6 is 0 Å². The van der Waals surface area contributed by atoms with Crippen LogP contribution in [0.1, 0.15) is 17.3 Å². The summed E-state index contributed by atoms with van der Waals surface area (Å²) >= 11 is 0.